The van der Waals surface area contributed by atoms with Crippen LogP contribution in [-0.2, 0) is 4.74 Å². The van der Waals surface area contributed by atoms with E-state index < -0.39 is 0 Å². The Labute approximate surface area is 104 Å². The first-order valence-corrected chi connectivity index (χ1v) is 6.24. The minimum atomic E-state index is 0.287. The number of rotatable bonds is 1. The van der Waals surface area contributed by atoms with E-state index in [1.165, 1.54) is 16.8 Å². The van der Waals surface area contributed by atoms with Crippen molar-refractivity contribution in [3.63, 3.8) is 0 Å². The van der Waals surface area contributed by atoms with Gasteiger partial charge in [0.25, 0.3) is 0 Å². The first-order valence-electron chi connectivity index (χ1n) is 6.24. The SMILES string of the molecule is Cc1cc(N)cc(C)c1N1C[C@@H](C)O[C@@H](C)C1. The summed E-state index contributed by atoms with van der Waals surface area (Å²) in [5, 5.41) is 0. The van der Waals surface area contributed by atoms with Gasteiger partial charge in [0.2, 0.25) is 0 Å². The average Bonchev–Trinajstić information content (AvgIpc) is 2.13. The first kappa shape index (κ1) is 12.2. The van der Waals surface area contributed by atoms with E-state index in [4.69, 9.17) is 10.5 Å². The predicted octanol–water partition coefficient (Wildman–Crippen LogP) is 2.50. The molecule has 0 bridgehead atoms. The zero-order valence-corrected chi connectivity index (χ0v) is 11.2. The highest BCUT2D eigenvalue weighted by atomic mass is 16.5. The molecule has 1 aromatic rings. The lowest BCUT2D eigenvalue weighted by Crippen LogP contribution is -2.46. The standard InChI is InChI=1S/C14H22N2O/c1-9-5-13(15)6-10(2)14(9)16-7-11(3)17-12(4)8-16/h5-6,11-12H,7-8,15H2,1-4H3/t11-,12+. The Bertz CT molecular complexity index is 384. The van der Waals surface area contributed by atoms with E-state index in [2.05, 4.69) is 32.6 Å². The number of anilines is 2. The Balaban J connectivity index is 2.33. The van der Waals surface area contributed by atoms with Crippen molar-refractivity contribution < 1.29 is 4.74 Å². The monoisotopic (exact) mass is 234 g/mol. The van der Waals surface area contributed by atoms with Crippen molar-refractivity contribution in [2.45, 2.75) is 39.9 Å². The summed E-state index contributed by atoms with van der Waals surface area (Å²) in [4.78, 5) is 2.42. The molecule has 3 heteroatoms. The zero-order chi connectivity index (χ0) is 12.6. The second-order valence-electron chi connectivity index (χ2n) is 5.17. The van der Waals surface area contributed by atoms with Gasteiger partial charge in [-0.2, -0.15) is 0 Å². The summed E-state index contributed by atoms with van der Waals surface area (Å²) in [5.41, 5.74) is 10.5. The molecule has 0 radical (unpaired) electrons. The zero-order valence-electron chi connectivity index (χ0n) is 11.2. The molecule has 0 unspecified atom stereocenters. The Morgan fingerprint density at radius 3 is 2.06 bits per heavy atom. The first-order chi connectivity index (χ1) is 7.97. The molecule has 1 heterocycles. The topological polar surface area (TPSA) is 38.5 Å². The molecule has 1 aliphatic heterocycles. The lowest BCUT2D eigenvalue weighted by Gasteiger charge is -2.38. The summed E-state index contributed by atoms with van der Waals surface area (Å²) in [6.07, 6.45) is 0.574. The highest BCUT2D eigenvalue weighted by Gasteiger charge is 2.24. The van der Waals surface area contributed by atoms with Crippen LogP contribution in [-0.4, -0.2) is 25.3 Å². The van der Waals surface area contributed by atoms with Gasteiger partial charge >= 0.3 is 0 Å². The molecule has 3 nitrogen and oxygen atoms in total. The number of nitrogen functional groups attached to an aromatic ring is 1. The maximum Gasteiger partial charge on any atom is 0.0726 e. The molecule has 1 aliphatic rings. The number of morpholine rings is 1. The minimum absolute atomic E-state index is 0.287. The van der Waals surface area contributed by atoms with Gasteiger partial charge in [-0.1, -0.05) is 0 Å². The molecule has 1 fully saturated rings. The van der Waals surface area contributed by atoms with Gasteiger partial charge in [-0.05, 0) is 51.0 Å². The van der Waals surface area contributed by atoms with Crippen molar-refractivity contribution in [1.29, 1.82) is 0 Å². The lowest BCUT2D eigenvalue weighted by molar-refractivity contribution is -0.00527. The number of hydrogen-bond acceptors (Lipinski definition) is 3. The molecule has 0 aliphatic carbocycles. The summed E-state index contributed by atoms with van der Waals surface area (Å²) in [7, 11) is 0. The molecular weight excluding hydrogens is 212 g/mol. The van der Waals surface area contributed by atoms with Crippen molar-refractivity contribution in [3.8, 4) is 0 Å². The van der Waals surface area contributed by atoms with E-state index in [9.17, 15) is 0 Å². The summed E-state index contributed by atoms with van der Waals surface area (Å²) in [6, 6.07) is 4.10. The molecule has 2 atom stereocenters. The highest BCUT2D eigenvalue weighted by Crippen LogP contribution is 2.29. The van der Waals surface area contributed by atoms with Gasteiger partial charge in [-0.25, -0.2) is 0 Å². The van der Waals surface area contributed by atoms with Gasteiger partial charge in [0, 0.05) is 24.5 Å². The van der Waals surface area contributed by atoms with Crippen molar-refractivity contribution in [2.75, 3.05) is 23.7 Å². The quantitative estimate of drug-likeness (QED) is 0.759. The third kappa shape index (κ3) is 2.55. The smallest absolute Gasteiger partial charge is 0.0726 e. The van der Waals surface area contributed by atoms with Crippen LogP contribution in [0.5, 0.6) is 0 Å². The Hall–Kier alpha value is -1.22. The molecule has 1 saturated heterocycles. The van der Waals surface area contributed by atoms with Crippen LogP contribution in [0.4, 0.5) is 11.4 Å². The van der Waals surface area contributed by atoms with E-state index in [1.807, 2.05) is 12.1 Å². The van der Waals surface area contributed by atoms with Gasteiger partial charge in [-0.3, -0.25) is 0 Å². The third-order valence-electron chi connectivity index (χ3n) is 3.25. The molecule has 0 aromatic heterocycles. The molecule has 0 saturated carbocycles. The maximum atomic E-state index is 5.87. The van der Waals surface area contributed by atoms with Gasteiger partial charge in [0.05, 0.1) is 12.2 Å². The molecule has 2 N–H and O–H groups in total. The summed E-state index contributed by atoms with van der Waals surface area (Å²) < 4.78 is 5.77. The van der Waals surface area contributed by atoms with E-state index in [0.29, 0.717) is 0 Å². The van der Waals surface area contributed by atoms with Gasteiger partial charge in [-0.15, -0.1) is 0 Å². The van der Waals surface area contributed by atoms with Crippen molar-refractivity contribution in [3.05, 3.63) is 23.3 Å². The predicted molar refractivity (Wildman–Crippen MR) is 72.6 cm³/mol. The second kappa shape index (κ2) is 4.57. The van der Waals surface area contributed by atoms with Crippen molar-refractivity contribution >= 4 is 11.4 Å². The minimum Gasteiger partial charge on any atom is -0.399 e. The van der Waals surface area contributed by atoms with Crippen LogP contribution in [0.25, 0.3) is 0 Å². The molecule has 2 rings (SSSR count). The van der Waals surface area contributed by atoms with Crippen LogP contribution in [0, 0.1) is 13.8 Å². The lowest BCUT2D eigenvalue weighted by atomic mass is 10.0. The largest absolute Gasteiger partial charge is 0.399 e. The average molecular weight is 234 g/mol. The Morgan fingerprint density at radius 2 is 1.59 bits per heavy atom. The molecule has 17 heavy (non-hydrogen) atoms. The Morgan fingerprint density at radius 1 is 1.12 bits per heavy atom. The van der Waals surface area contributed by atoms with Crippen molar-refractivity contribution in [1.82, 2.24) is 0 Å². The maximum absolute atomic E-state index is 5.87. The van der Waals surface area contributed by atoms with Gasteiger partial charge in [0.15, 0.2) is 0 Å². The fourth-order valence-corrected chi connectivity index (χ4v) is 2.85. The number of ether oxygens (including phenoxy) is 1. The van der Waals surface area contributed by atoms with Crippen LogP contribution in [0.3, 0.4) is 0 Å². The van der Waals surface area contributed by atoms with Crippen LogP contribution in [0.2, 0.25) is 0 Å². The Kier molecular flexibility index (Phi) is 3.29. The number of aryl methyl sites for hydroxylation is 2. The van der Waals surface area contributed by atoms with E-state index in [-0.39, 0.29) is 12.2 Å². The fraction of sp³-hybridized carbons (Fsp3) is 0.571. The van der Waals surface area contributed by atoms with Crippen LogP contribution < -0.4 is 10.6 Å². The third-order valence-corrected chi connectivity index (χ3v) is 3.25. The molecule has 94 valence electrons. The molecular formula is C14H22N2O. The van der Waals surface area contributed by atoms with Gasteiger partial charge in [0.1, 0.15) is 0 Å². The summed E-state index contributed by atoms with van der Waals surface area (Å²) >= 11 is 0. The van der Waals surface area contributed by atoms with Crippen LogP contribution in [0.1, 0.15) is 25.0 Å². The number of nitrogens with zero attached hydrogens (tertiary/aromatic N) is 1. The molecule has 0 amide bonds. The van der Waals surface area contributed by atoms with Crippen LogP contribution in [0.15, 0.2) is 12.1 Å². The van der Waals surface area contributed by atoms with Gasteiger partial charge < -0.3 is 15.4 Å². The number of nitrogens with two attached hydrogens (primary N) is 1. The van der Waals surface area contributed by atoms with E-state index >= 15 is 0 Å². The fourth-order valence-electron chi connectivity index (χ4n) is 2.85. The van der Waals surface area contributed by atoms with Crippen molar-refractivity contribution in [2.24, 2.45) is 0 Å². The molecule has 0 spiro atoms. The summed E-state index contributed by atoms with van der Waals surface area (Å²) in [6.45, 7) is 10.4. The second-order valence-corrected chi connectivity index (χ2v) is 5.17. The number of hydrogen-bond donors (Lipinski definition) is 1. The van der Waals surface area contributed by atoms with E-state index in [1.54, 1.807) is 0 Å². The number of benzene rings is 1. The summed E-state index contributed by atoms with van der Waals surface area (Å²) in [5.74, 6) is 0. The normalized spacial score (nSPS) is 25.1. The molecule has 1 aromatic carbocycles. The van der Waals surface area contributed by atoms with Crippen LogP contribution >= 0.6 is 0 Å². The van der Waals surface area contributed by atoms with E-state index in [0.717, 1.165) is 18.8 Å². The highest BCUT2D eigenvalue weighted by molar-refractivity contribution is 5.64.